The molecule has 0 atom stereocenters. The number of hydrogen-bond donors (Lipinski definition) is 0. The number of hydrogen-bond acceptors (Lipinski definition) is 0. The van der Waals surface area contributed by atoms with Crippen LogP contribution in [-0.4, -0.2) is 0 Å². The molecule has 0 N–H and O–H groups in total. The second kappa shape index (κ2) is 12.4. The van der Waals surface area contributed by atoms with Crippen molar-refractivity contribution in [3.63, 3.8) is 0 Å². The van der Waals surface area contributed by atoms with Gasteiger partial charge in [0.05, 0.1) is 0 Å². The Morgan fingerprint density at radius 1 is 0.545 bits per heavy atom. The third-order valence-corrected chi connectivity index (χ3v) is 3.05. The Kier molecular flexibility index (Phi) is 12.9. The molecule has 3 aromatic rings. The van der Waals surface area contributed by atoms with Crippen LogP contribution in [0.1, 0.15) is 22.6 Å². The second-order valence-electron chi connectivity index (χ2n) is 4.30. The normalized spacial score (nSPS) is 9.14. The Morgan fingerprint density at radius 2 is 1.00 bits per heavy atom. The van der Waals surface area contributed by atoms with Crippen molar-refractivity contribution in [3.05, 3.63) is 108 Å². The number of rotatable bonds is 3. The Bertz CT molecular complexity index is 531. The van der Waals surface area contributed by atoms with Crippen LogP contribution >= 0.6 is 0 Å². The van der Waals surface area contributed by atoms with Gasteiger partial charge in [-0.3, -0.25) is 23.8 Å². The summed E-state index contributed by atoms with van der Waals surface area (Å²) in [6.07, 6.45) is 0. The van der Waals surface area contributed by atoms with Crippen molar-refractivity contribution in [2.24, 2.45) is 0 Å². The van der Waals surface area contributed by atoms with Crippen molar-refractivity contribution < 1.29 is 98.1 Å². The molecular weight excluding hydrogens is 495 g/mol. The maximum atomic E-state index is 3.31. The molecule has 3 rings (SSSR count). The molecule has 3 radical (unpaired) electrons. The number of benzene rings is 3. The first-order valence-electron chi connectivity index (χ1n) is 6.26. The first-order valence-corrected chi connectivity index (χ1v) is 6.26. The average Bonchev–Trinajstić information content (AvgIpc) is 2.51. The molecule has 3 aromatic carbocycles. The zero-order valence-electron chi connectivity index (χ0n) is 12.2. The third kappa shape index (κ3) is 6.12. The van der Waals surface area contributed by atoms with Gasteiger partial charge in [0.2, 0.25) is 0 Å². The van der Waals surface area contributed by atoms with E-state index in [9.17, 15) is 0 Å². The van der Waals surface area contributed by atoms with Gasteiger partial charge in [-0.1, -0.05) is 5.92 Å². The fourth-order valence-electron chi connectivity index (χ4n) is 2.18. The molecule has 0 unspecified atom stereocenters. The van der Waals surface area contributed by atoms with E-state index in [0.29, 0.717) is 0 Å². The van der Waals surface area contributed by atoms with Crippen molar-refractivity contribution >= 4 is 0 Å². The van der Waals surface area contributed by atoms with Crippen LogP contribution in [0.15, 0.2) is 66.7 Å². The molecule has 22 heavy (non-hydrogen) atoms. The Morgan fingerprint density at radius 3 is 1.41 bits per heavy atom. The minimum absolute atomic E-state index is 0. The summed E-state index contributed by atoms with van der Waals surface area (Å²) in [4.78, 5) is 0. The van der Waals surface area contributed by atoms with Gasteiger partial charge >= 0.3 is 0 Å². The van der Waals surface area contributed by atoms with E-state index in [0.717, 1.165) is 16.7 Å². The van der Waals surface area contributed by atoms with Gasteiger partial charge in [-0.05, 0) is 0 Å². The van der Waals surface area contributed by atoms with E-state index in [-0.39, 0.29) is 104 Å². The van der Waals surface area contributed by atoms with Crippen LogP contribution in [0.5, 0.6) is 0 Å². The minimum atomic E-state index is 0. The summed E-state index contributed by atoms with van der Waals surface area (Å²) in [5.74, 6) is 0.0867. The first-order chi connectivity index (χ1) is 9.45. The molecule has 3 heteroatoms. The predicted molar refractivity (Wildman–Crippen MR) is 75.6 cm³/mol. The molecule has 0 nitrogen and oxygen atoms in total. The molecule has 0 aromatic heterocycles. The van der Waals surface area contributed by atoms with Crippen molar-refractivity contribution in [2.45, 2.75) is 5.92 Å². The molecule has 0 heterocycles. The van der Waals surface area contributed by atoms with Crippen LogP contribution in [0.3, 0.4) is 0 Å². The van der Waals surface area contributed by atoms with Gasteiger partial charge in [-0.2, -0.15) is 71.8 Å². The molecule has 0 saturated carbocycles. The zero-order chi connectivity index (χ0) is 12.9. The van der Waals surface area contributed by atoms with E-state index in [2.05, 4.69) is 36.4 Å². The van der Waals surface area contributed by atoms with Crippen molar-refractivity contribution in [2.75, 3.05) is 0 Å². The molecule has 0 aliphatic carbocycles. The Labute approximate surface area is 208 Å². The maximum Gasteiger partial charge on any atom is 0 e. The van der Waals surface area contributed by atoms with Crippen LogP contribution in [-0.2, 0) is 98.1 Å². The molecule has 0 saturated heterocycles. The first kappa shape index (κ1) is 23.0. The van der Waals surface area contributed by atoms with E-state index in [1.807, 2.05) is 54.6 Å². The maximum absolute atomic E-state index is 3.31. The van der Waals surface area contributed by atoms with Crippen molar-refractivity contribution in [3.8, 4) is 0 Å². The van der Waals surface area contributed by atoms with Crippen LogP contribution in [0, 0.1) is 24.3 Å². The molecule has 0 amide bonds. The van der Waals surface area contributed by atoms with Crippen LogP contribution < -0.4 is 0 Å². The molecule has 0 aliphatic heterocycles. The zero-order valence-corrected chi connectivity index (χ0v) is 20.7. The van der Waals surface area contributed by atoms with Crippen LogP contribution in [0.4, 0.5) is 0 Å². The summed E-state index contributed by atoms with van der Waals surface area (Å²) >= 11 is 0. The summed E-state index contributed by atoms with van der Waals surface area (Å²) in [5.41, 5.74) is 3.25. The van der Waals surface area contributed by atoms with Gasteiger partial charge in [0.25, 0.3) is 0 Å². The molecule has 0 fully saturated rings. The summed E-state index contributed by atoms with van der Waals surface area (Å²) in [6.45, 7) is 0. The van der Waals surface area contributed by atoms with Crippen molar-refractivity contribution in [1.29, 1.82) is 0 Å². The van der Waals surface area contributed by atoms with Gasteiger partial charge in [-0.15, -0.1) is 0 Å². The molecule has 0 bridgehead atoms. The van der Waals surface area contributed by atoms with E-state index < -0.39 is 0 Å². The summed E-state index contributed by atoms with van der Waals surface area (Å²) in [5, 5.41) is 0. The Hall–Kier alpha value is 0.972. The van der Waals surface area contributed by atoms with E-state index in [1.165, 1.54) is 0 Å². The van der Waals surface area contributed by atoms with Gasteiger partial charge < -0.3 is 12.1 Å². The minimum Gasteiger partial charge on any atom is -0.355 e. The van der Waals surface area contributed by atoms with E-state index in [1.54, 1.807) is 0 Å². The van der Waals surface area contributed by atoms with Gasteiger partial charge in [0.1, 0.15) is 0 Å². The summed E-state index contributed by atoms with van der Waals surface area (Å²) in [6, 6.07) is 35.0. The van der Waals surface area contributed by atoms with Gasteiger partial charge in [0, 0.05) is 98.1 Å². The van der Waals surface area contributed by atoms with Gasteiger partial charge in [-0.25, -0.2) is 0 Å². The van der Waals surface area contributed by atoms with E-state index in [4.69, 9.17) is 0 Å². The SMILES string of the molecule is [Y].[Y].[Y].[c-]1ccc[c-]c1C(c1[c-]cccc1)c1[c-]cccc1. The van der Waals surface area contributed by atoms with Crippen LogP contribution in [0.2, 0.25) is 0 Å². The average molecular weight is 507 g/mol. The standard InChI is InChI=1S/C19H12.3Y/c1-4-10-16(11-5-1)19(17-12-6-2-7-13-17)18-14-8-3-9-15-18;;;/h1-10,12,19H;;;/q-4;;;. The molecule has 0 spiro atoms. The largest absolute Gasteiger partial charge is 0.355 e. The van der Waals surface area contributed by atoms with Gasteiger partial charge in [0.15, 0.2) is 0 Å². The molecule has 0 aliphatic rings. The molecular formula is C19H12Y3-4. The smallest absolute Gasteiger partial charge is 0 e. The Balaban J connectivity index is 0.00000147. The predicted octanol–water partition coefficient (Wildman–Crippen LogP) is 4.06. The quantitative estimate of drug-likeness (QED) is 0.371. The summed E-state index contributed by atoms with van der Waals surface area (Å²) < 4.78 is 0. The topological polar surface area (TPSA) is 0 Å². The van der Waals surface area contributed by atoms with Crippen LogP contribution in [0.25, 0.3) is 0 Å². The fraction of sp³-hybridized carbons (Fsp3) is 0.0526. The fourth-order valence-corrected chi connectivity index (χ4v) is 2.18. The monoisotopic (exact) mass is 507 g/mol. The third-order valence-electron chi connectivity index (χ3n) is 3.05. The summed E-state index contributed by atoms with van der Waals surface area (Å²) in [7, 11) is 0. The second-order valence-corrected chi connectivity index (χ2v) is 4.30. The van der Waals surface area contributed by atoms with E-state index >= 15 is 0 Å². The van der Waals surface area contributed by atoms with Crippen molar-refractivity contribution in [1.82, 2.24) is 0 Å². The molecule has 101 valence electrons.